The van der Waals surface area contributed by atoms with E-state index in [1.807, 2.05) is 24.3 Å². The lowest BCUT2D eigenvalue weighted by molar-refractivity contribution is 0.0497. The van der Waals surface area contributed by atoms with Crippen molar-refractivity contribution < 1.29 is 9.53 Å². The van der Waals surface area contributed by atoms with Gasteiger partial charge in [0.15, 0.2) is 0 Å². The molecule has 0 unspecified atom stereocenters. The molecule has 1 saturated heterocycles. The standard InChI is InChI=1S/C14H21N3O2/c1-2-3-8-19-14(18)12-7-5-4-6-11(12)13-16-9-15-10-17-13/h4-7,13,15-17H,2-3,8-10H2,1H3. The van der Waals surface area contributed by atoms with Gasteiger partial charge in [-0.1, -0.05) is 31.5 Å². The molecule has 3 N–H and O–H groups in total. The van der Waals surface area contributed by atoms with Crippen LogP contribution < -0.4 is 16.0 Å². The second-order valence-electron chi connectivity index (χ2n) is 4.52. The molecule has 1 fully saturated rings. The fraction of sp³-hybridized carbons (Fsp3) is 0.500. The zero-order valence-corrected chi connectivity index (χ0v) is 11.2. The third-order valence-corrected chi connectivity index (χ3v) is 3.09. The fourth-order valence-electron chi connectivity index (χ4n) is 2.02. The van der Waals surface area contributed by atoms with Crippen LogP contribution in [0.5, 0.6) is 0 Å². The minimum Gasteiger partial charge on any atom is -0.462 e. The van der Waals surface area contributed by atoms with Gasteiger partial charge in [0.25, 0.3) is 0 Å². The van der Waals surface area contributed by atoms with Crippen LogP contribution in [0.25, 0.3) is 0 Å². The van der Waals surface area contributed by atoms with Crippen molar-refractivity contribution in [1.29, 1.82) is 0 Å². The van der Waals surface area contributed by atoms with Crippen molar-refractivity contribution in [3.05, 3.63) is 35.4 Å². The first kappa shape index (κ1) is 14.0. The van der Waals surface area contributed by atoms with E-state index < -0.39 is 0 Å². The number of benzene rings is 1. The van der Waals surface area contributed by atoms with Crippen molar-refractivity contribution >= 4 is 5.97 Å². The molecule has 0 amide bonds. The van der Waals surface area contributed by atoms with Gasteiger partial charge in [0, 0.05) is 13.3 Å². The number of carbonyl (C=O) groups excluding carboxylic acids is 1. The number of nitrogens with one attached hydrogen (secondary N) is 3. The van der Waals surface area contributed by atoms with Crippen molar-refractivity contribution in [2.24, 2.45) is 0 Å². The van der Waals surface area contributed by atoms with E-state index in [1.54, 1.807) is 0 Å². The van der Waals surface area contributed by atoms with Gasteiger partial charge in [-0.3, -0.25) is 16.0 Å². The predicted octanol–water partition coefficient (Wildman–Crippen LogP) is 1.34. The highest BCUT2D eigenvalue weighted by Crippen LogP contribution is 2.17. The van der Waals surface area contributed by atoms with Crippen molar-refractivity contribution in [1.82, 2.24) is 16.0 Å². The van der Waals surface area contributed by atoms with Gasteiger partial charge in [-0.15, -0.1) is 0 Å². The van der Waals surface area contributed by atoms with Crippen LogP contribution >= 0.6 is 0 Å². The molecule has 0 aromatic heterocycles. The predicted molar refractivity (Wildman–Crippen MR) is 73.5 cm³/mol. The number of rotatable bonds is 5. The molecule has 0 radical (unpaired) electrons. The lowest BCUT2D eigenvalue weighted by atomic mass is 10.0. The molecular weight excluding hydrogens is 242 g/mol. The molecule has 0 aliphatic carbocycles. The maximum atomic E-state index is 12.1. The molecule has 1 heterocycles. The van der Waals surface area contributed by atoms with Gasteiger partial charge in [-0.2, -0.15) is 0 Å². The van der Waals surface area contributed by atoms with E-state index in [-0.39, 0.29) is 12.1 Å². The average Bonchev–Trinajstić information content (AvgIpc) is 2.48. The molecule has 1 aliphatic rings. The maximum Gasteiger partial charge on any atom is 0.338 e. The molecule has 1 aliphatic heterocycles. The zero-order valence-electron chi connectivity index (χ0n) is 11.2. The van der Waals surface area contributed by atoms with Gasteiger partial charge in [-0.25, -0.2) is 4.79 Å². The minimum absolute atomic E-state index is 0.0174. The van der Waals surface area contributed by atoms with Crippen LogP contribution in [-0.4, -0.2) is 25.9 Å². The summed E-state index contributed by atoms with van der Waals surface area (Å²) in [6.07, 6.45) is 1.90. The highest BCUT2D eigenvalue weighted by atomic mass is 16.5. The van der Waals surface area contributed by atoms with Crippen molar-refractivity contribution in [2.75, 3.05) is 19.9 Å². The van der Waals surface area contributed by atoms with Crippen LogP contribution in [0.1, 0.15) is 41.9 Å². The van der Waals surface area contributed by atoms with Gasteiger partial charge in [0.1, 0.15) is 0 Å². The Labute approximate surface area is 113 Å². The van der Waals surface area contributed by atoms with Gasteiger partial charge >= 0.3 is 5.97 Å². The number of hydrogen-bond acceptors (Lipinski definition) is 5. The Morgan fingerprint density at radius 3 is 2.79 bits per heavy atom. The Balaban J connectivity index is 2.08. The van der Waals surface area contributed by atoms with E-state index in [9.17, 15) is 4.79 Å². The summed E-state index contributed by atoms with van der Waals surface area (Å²) in [6.45, 7) is 4.00. The molecule has 5 nitrogen and oxygen atoms in total. The largest absolute Gasteiger partial charge is 0.462 e. The first-order valence-electron chi connectivity index (χ1n) is 6.76. The summed E-state index contributed by atoms with van der Waals surface area (Å²) in [5.41, 5.74) is 1.57. The van der Waals surface area contributed by atoms with Crippen LogP contribution in [0.15, 0.2) is 24.3 Å². The van der Waals surface area contributed by atoms with Crippen LogP contribution in [0, 0.1) is 0 Å². The first-order chi connectivity index (χ1) is 9.33. The Bertz CT molecular complexity index is 417. The van der Waals surface area contributed by atoms with E-state index in [4.69, 9.17) is 4.74 Å². The molecule has 0 atom stereocenters. The molecule has 0 saturated carbocycles. The van der Waals surface area contributed by atoms with E-state index in [0.29, 0.717) is 12.2 Å². The van der Waals surface area contributed by atoms with Gasteiger partial charge < -0.3 is 4.74 Å². The van der Waals surface area contributed by atoms with Gasteiger partial charge in [0.05, 0.1) is 18.3 Å². The lowest BCUT2D eigenvalue weighted by Crippen LogP contribution is -2.50. The molecule has 1 aromatic carbocycles. The van der Waals surface area contributed by atoms with E-state index in [1.165, 1.54) is 0 Å². The Morgan fingerprint density at radius 1 is 1.32 bits per heavy atom. The molecule has 19 heavy (non-hydrogen) atoms. The van der Waals surface area contributed by atoms with E-state index in [2.05, 4.69) is 22.9 Å². The molecule has 2 rings (SSSR count). The summed E-state index contributed by atoms with van der Waals surface area (Å²) >= 11 is 0. The zero-order chi connectivity index (χ0) is 13.5. The fourth-order valence-corrected chi connectivity index (χ4v) is 2.02. The third-order valence-electron chi connectivity index (χ3n) is 3.09. The molecule has 0 bridgehead atoms. The normalized spacial score (nSPS) is 16.3. The van der Waals surface area contributed by atoms with Crippen LogP contribution in [0.4, 0.5) is 0 Å². The quantitative estimate of drug-likeness (QED) is 0.553. The lowest BCUT2D eigenvalue weighted by Gasteiger charge is -2.27. The van der Waals surface area contributed by atoms with Crippen molar-refractivity contribution in [3.8, 4) is 0 Å². The SMILES string of the molecule is CCCCOC(=O)c1ccccc1C1NCNCN1. The maximum absolute atomic E-state index is 12.1. The molecule has 1 aromatic rings. The Morgan fingerprint density at radius 2 is 2.05 bits per heavy atom. The summed E-state index contributed by atoms with van der Waals surface area (Å²) in [5, 5.41) is 9.67. The summed E-state index contributed by atoms with van der Waals surface area (Å²) < 4.78 is 5.29. The summed E-state index contributed by atoms with van der Waals surface area (Å²) in [4.78, 5) is 12.1. The van der Waals surface area contributed by atoms with E-state index >= 15 is 0 Å². The monoisotopic (exact) mass is 263 g/mol. The Hall–Kier alpha value is -1.43. The van der Waals surface area contributed by atoms with Crippen molar-refractivity contribution in [2.45, 2.75) is 25.9 Å². The van der Waals surface area contributed by atoms with Gasteiger partial charge in [-0.05, 0) is 18.1 Å². The number of hydrogen-bond donors (Lipinski definition) is 3. The number of unbranched alkanes of at least 4 members (excludes halogenated alkanes) is 1. The number of esters is 1. The highest BCUT2D eigenvalue weighted by molar-refractivity contribution is 5.91. The van der Waals surface area contributed by atoms with Crippen molar-refractivity contribution in [3.63, 3.8) is 0 Å². The average molecular weight is 263 g/mol. The molecule has 0 spiro atoms. The topological polar surface area (TPSA) is 62.4 Å². The summed E-state index contributed by atoms with van der Waals surface area (Å²) in [5.74, 6) is -0.244. The first-order valence-corrected chi connectivity index (χ1v) is 6.76. The van der Waals surface area contributed by atoms with Crippen LogP contribution in [0.2, 0.25) is 0 Å². The Kier molecular flexibility index (Phi) is 5.32. The second-order valence-corrected chi connectivity index (χ2v) is 4.52. The van der Waals surface area contributed by atoms with E-state index in [0.717, 1.165) is 31.7 Å². The summed E-state index contributed by atoms with van der Waals surface area (Å²) in [6, 6.07) is 7.56. The molecular formula is C14H21N3O2. The molecule has 5 heteroatoms. The highest BCUT2D eigenvalue weighted by Gasteiger charge is 2.20. The second kappa shape index (κ2) is 7.23. The third kappa shape index (κ3) is 3.76. The smallest absolute Gasteiger partial charge is 0.338 e. The molecule has 104 valence electrons. The summed E-state index contributed by atoms with van der Waals surface area (Å²) in [7, 11) is 0. The number of carbonyl (C=O) groups is 1. The number of ether oxygens (including phenoxy) is 1. The van der Waals surface area contributed by atoms with Crippen LogP contribution in [0.3, 0.4) is 0 Å². The minimum atomic E-state index is -0.244. The van der Waals surface area contributed by atoms with Gasteiger partial charge in [0.2, 0.25) is 0 Å². The van der Waals surface area contributed by atoms with Crippen LogP contribution in [-0.2, 0) is 4.74 Å².